The maximum Gasteiger partial charge on any atom is 0.305 e. The molecule has 1 aliphatic carbocycles. The van der Waals surface area contributed by atoms with Gasteiger partial charge in [0.1, 0.15) is 0 Å². The highest BCUT2D eigenvalue weighted by Crippen LogP contribution is 2.47. The summed E-state index contributed by atoms with van der Waals surface area (Å²) >= 11 is 0. The van der Waals surface area contributed by atoms with Gasteiger partial charge in [0.25, 0.3) is 0 Å². The fraction of sp³-hybridized carbons (Fsp3) is 0.929. The molecule has 0 bridgehead atoms. The van der Waals surface area contributed by atoms with Gasteiger partial charge in [0.15, 0.2) is 8.32 Å². The molecular formula is C14H28O4Si. The Bertz CT molecular complexity index is 329. The van der Waals surface area contributed by atoms with Gasteiger partial charge >= 0.3 is 5.97 Å². The van der Waals surface area contributed by atoms with Crippen LogP contribution in [0.25, 0.3) is 0 Å². The van der Waals surface area contributed by atoms with Crippen LogP contribution >= 0.6 is 0 Å². The zero-order valence-electron chi connectivity index (χ0n) is 12.8. The molecule has 1 rings (SSSR count). The molecule has 0 spiro atoms. The first-order chi connectivity index (χ1) is 8.50. The van der Waals surface area contributed by atoms with E-state index in [1.807, 2.05) is 0 Å². The minimum absolute atomic E-state index is 0.135. The van der Waals surface area contributed by atoms with Crippen molar-refractivity contribution in [2.24, 2.45) is 5.41 Å². The van der Waals surface area contributed by atoms with Gasteiger partial charge in [-0.3, -0.25) is 4.79 Å². The number of hydrogen-bond acceptors (Lipinski definition) is 3. The van der Waals surface area contributed by atoms with Gasteiger partial charge in [0.2, 0.25) is 0 Å². The van der Waals surface area contributed by atoms with E-state index in [4.69, 9.17) is 9.53 Å². The Kier molecular flexibility index (Phi) is 4.86. The monoisotopic (exact) mass is 288 g/mol. The van der Waals surface area contributed by atoms with Crippen LogP contribution in [0.3, 0.4) is 0 Å². The number of hydrogen-bond donors (Lipinski definition) is 2. The summed E-state index contributed by atoms with van der Waals surface area (Å²) in [5, 5.41) is 19.1. The van der Waals surface area contributed by atoms with Crippen LogP contribution in [0.5, 0.6) is 0 Å². The number of aliphatic hydroxyl groups excluding tert-OH is 1. The molecule has 2 N–H and O–H groups in total. The van der Waals surface area contributed by atoms with Gasteiger partial charge in [0.05, 0.1) is 12.5 Å². The topological polar surface area (TPSA) is 66.8 Å². The van der Waals surface area contributed by atoms with E-state index in [1.54, 1.807) is 0 Å². The summed E-state index contributed by atoms with van der Waals surface area (Å²) < 4.78 is 6.19. The third-order valence-corrected chi connectivity index (χ3v) is 9.43. The van der Waals surface area contributed by atoms with Crippen molar-refractivity contribution in [1.82, 2.24) is 0 Å². The maximum absolute atomic E-state index is 10.8. The van der Waals surface area contributed by atoms with Crippen LogP contribution in [0.2, 0.25) is 18.1 Å². The van der Waals surface area contributed by atoms with Crippen molar-refractivity contribution in [2.75, 3.05) is 6.61 Å². The maximum atomic E-state index is 10.8. The van der Waals surface area contributed by atoms with Gasteiger partial charge in [-0.15, -0.1) is 0 Å². The second-order valence-corrected chi connectivity index (χ2v) is 12.2. The molecule has 0 saturated heterocycles. The van der Waals surface area contributed by atoms with Crippen LogP contribution in [-0.2, 0) is 9.22 Å². The second-order valence-electron chi connectivity index (χ2n) is 7.38. The molecule has 4 nitrogen and oxygen atoms in total. The van der Waals surface area contributed by atoms with Gasteiger partial charge in [-0.1, -0.05) is 27.2 Å². The van der Waals surface area contributed by atoms with Gasteiger partial charge < -0.3 is 14.6 Å². The van der Waals surface area contributed by atoms with Crippen LogP contribution < -0.4 is 0 Å². The normalized spacial score (nSPS) is 20.7. The summed E-state index contributed by atoms with van der Waals surface area (Å²) in [5.74, 6) is -0.939. The first kappa shape index (κ1) is 16.7. The molecule has 0 aromatic rings. The number of carboxylic acid groups (broad SMARTS) is 1. The molecule has 1 saturated carbocycles. The molecule has 1 unspecified atom stereocenters. The predicted molar refractivity (Wildman–Crippen MR) is 77.7 cm³/mol. The summed E-state index contributed by atoms with van der Waals surface area (Å²) in [4.78, 5) is 10.8. The largest absolute Gasteiger partial charge is 0.481 e. The average Bonchev–Trinajstić information content (AvgIpc) is 2.12. The molecule has 1 fully saturated rings. The lowest BCUT2D eigenvalue weighted by molar-refractivity contribution is -0.145. The van der Waals surface area contributed by atoms with Crippen LogP contribution in [0, 0.1) is 5.41 Å². The second kappa shape index (κ2) is 5.54. The lowest BCUT2D eigenvalue weighted by atomic mass is 9.65. The fourth-order valence-electron chi connectivity index (χ4n) is 2.13. The third-order valence-electron chi connectivity index (χ3n) is 4.95. The number of carbonyl (C=O) groups is 1. The number of carboxylic acids is 1. The van der Waals surface area contributed by atoms with E-state index in [0.29, 0.717) is 6.61 Å². The highest BCUT2D eigenvalue weighted by molar-refractivity contribution is 6.74. The van der Waals surface area contributed by atoms with Crippen molar-refractivity contribution < 1.29 is 19.4 Å². The van der Waals surface area contributed by atoms with Crippen molar-refractivity contribution in [2.45, 2.75) is 70.7 Å². The number of aliphatic carboxylic acids is 1. The van der Waals surface area contributed by atoms with Gasteiger partial charge in [-0.05, 0) is 31.0 Å². The summed E-state index contributed by atoms with van der Waals surface area (Å²) in [6.45, 7) is 11.4. The molecule has 0 radical (unpaired) electrons. The van der Waals surface area contributed by atoms with Crippen LogP contribution in [0.4, 0.5) is 0 Å². The molecule has 19 heavy (non-hydrogen) atoms. The van der Waals surface area contributed by atoms with Gasteiger partial charge in [-0.25, -0.2) is 0 Å². The van der Waals surface area contributed by atoms with Crippen molar-refractivity contribution in [3.8, 4) is 0 Å². The zero-order chi connectivity index (χ0) is 14.9. The quantitative estimate of drug-likeness (QED) is 0.737. The van der Waals surface area contributed by atoms with E-state index in [0.717, 1.165) is 19.3 Å². The average molecular weight is 288 g/mol. The first-order valence-corrected chi connectivity index (χ1v) is 9.95. The van der Waals surface area contributed by atoms with Crippen LogP contribution in [0.15, 0.2) is 0 Å². The Hall–Kier alpha value is -0.393. The molecule has 5 heteroatoms. The van der Waals surface area contributed by atoms with Crippen molar-refractivity contribution in [1.29, 1.82) is 0 Å². The molecule has 0 aromatic heterocycles. The van der Waals surface area contributed by atoms with E-state index < -0.39 is 20.4 Å². The molecule has 1 atom stereocenters. The predicted octanol–water partition coefficient (Wildman–Crippen LogP) is 3.01. The molecule has 0 aromatic carbocycles. The highest BCUT2D eigenvalue weighted by atomic mass is 28.4. The van der Waals surface area contributed by atoms with Crippen molar-refractivity contribution in [3.63, 3.8) is 0 Å². The standard InChI is InChI=1S/C14H28O4Si/c1-13(2,3)19(4,5)18-10-14(7-6-8-14)11(15)9-12(16)17/h11,15H,6-10H2,1-5H3,(H,16,17). The Labute approximate surface area is 117 Å². The van der Waals surface area contributed by atoms with Crippen LogP contribution in [-0.4, -0.2) is 37.2 Å². The summed E-state index contributed by atoms with van der Waals surface area (Å²) in [7, 11) is -1.84. The number of rotatable bonds is 6. The smallest absolute Gasteiger partial charge is 0.305 e. The minimum atomic E-state index is -1.84. The summed E-state index contributed by atoms with van der Waals surface area (Å²) in [6, 6.07) is 0. The molecule has 0 aliphatic heterocycles. The Balaban J connectivity index is 2.65. The summed E-state index contributed by atoms with van der Waals surface area (Å²) in [6.07, 6.45) is 1.83. The molecule has 112 valence electrons. The Morgan fingerprint density at radius 1 is 1.37 bits per heavy atom. The van der Waals surface area contributed by atoms with Gasteiger partial charge in [-0.2, -0.15) is 0 Å². The zero-order valence-corrected chi connectivity index (χ0v) is 13.8. The SMILES string of the molecule is CC(C)(C)[Si](C)(C)OCC1(C(O)CC(=O)O)CCC1. The molecule has 0 heterocycles. The molecule has 0 amide bonds. The lowest BCUT2D eigenvalue weighted by Crippen LogP contribution is -2.50. The Morgan fingerprint density at radius 2 is 1.89 bits per heavy atom. The number of aliphatic hydroxyl groups is 1. The Morgan fingerprint density at radius 3 is 2.21 bits per heavy atom. The van der Waals surface area contributed by atoms with E-state index in [9.17, 15) is 9.90 Å². The van der Waals surface area contributed by atoms with Crippen molar-refractivity contribution in [3.05, 3.63) is 0 Å². The third kappa shape index (κ3) is 3.80. The van der Waals surface area contributed by atoms with E-state index >= 15 is 0 Å². The van der Waals surface area contributed by atoms with Gasteiger partial charge in [0, 0.05) is 12.0 Å². The van der Waals surface area contributed by atoms with E-state index in [1.165, 1.54) is 0 Å². The van der Waals surface area contributed by atoms with E-state index in [2.05, 4.69) is 33.9 Å². The van der Waals surface area contributed by atoms with Crippen LogP contribution in [0.1, 0.15) is 46.5 Å². The fourth-order valence-corrected chi connectivity index (χ4v) is 3.21. The lowest BCUT2D eigenvalue weighted by Gasteiger charge is -2.48. The first-order valence-electron chi connectivity index (χ1n) is 7.04. The minimum Gasteiger partial charge on any atom is -0.481 e. The summed E-state index contributed by atoms with van der Waals surface area (Å²) in [5.41, 5.74) is -0.325. The van der Waals surface area contributed by atoms with E-state index in [-0.39, 0.29) is 16.9 Å². The molecular weight excluding hydrogens is 260 g/mol. The van der Waals surface area contributed by atoms with Crippen molar-refractivity contribution >= 4 is 14.3 Å². The highest BCUT2D eigenvalue weighted by Gasteiger charge is 2.47. The molecule has 1 aliphatic rings.